The van der Waals surface area contributed by atoms with Crippen LogP contribution in [0.3, 0.4) is 0 Å². The van der Waals surface area contributed by atoms with E-state index in [1.54, 1.807) is 0 Å². The minimum Gasteiger partial charge on any atom is -0.507 e. The van der Waals surface area contributed by atoms with Crippen molar-refractivity contribution in [2.24, 2.45) is 5.92 Å². The first-order valence-corrected chi connectivity index (χ1v) is 5.63. The van der Waals surface area contributed by atoms with Gasteiger partial charge in [0.15, 0.2) is 0 Å². The number of aromatic hydroxyl groups is 2. The van der Waals surface area contributed by atoms with E-state index < -0.39 is 23.8 Å². The number of carbonyl (C=O) groups is 2. The molecule has 0 saturated carbocycles. The number of phenolic OH excluding ortho intramolecular Hbond substituents is 2. The van der Waals surface area contributed by atoms with Crippen molar-refractivity contribution < 1.29 is 29.6 Å². The van der Waals surface area contributed by atoms with E-state index in [9.17, 15) is 19.8 Å². The van der Waals surface area contributed by atoms with Gasteiger partial charge in [-0.25, -0.2) is 0 Å². The van der Waals surface area contributed by atoms with Crippen molar-refractivity contribution in [3.63, 3.8) is 0 Å². The van der Waals surface area contributed by atoms with Crippen molar-refractivity contribution in [2.45, 2.75) is 6.04 Å². The fourth-order valence-corrected chi connectivity index (χ4v) is 1.94. The molecule has 2 rings (SSSR count). The van der Waals surface area contributed by atoms with Crippen LogP contribution in [0.25, 0.3) is 0 Å². The maximum absolute atomic E-state index is 11.9. The molecule has 0 bridgehead atoms. The van der Waals surface area contributed by atoms with Gasteiger partial charge in [-0.2, -0.15) is 0 Å². The SMILES string of the molecule is O=C(NC1COCC1C(=O)O)c1c(O)cccc1O. The average molecular weight is 267 g/mol. The lowest BCUT2D eigenvalue weighted by molar-refractivity contribution is -0.142. The summed E-state index contributed by atoms with van der Waals surface area (Å²) in [6, 6.07) is 3.22. The number of phenols is 2. The van der Waals surface area contributed by atoms with Gasteiger partial charge >= 0.3 is 5.97 Å². The Balaban J connectivity index is 2.15. The van der Waals surface area contributed by atoms with Gasteiger partial charge in [0.1, 0.15) is 23.0 Å². The number of carboxylic acid groups (broad SMARTS) is 1. The molecule has 0 radical (unpaired) electrons. The summed E-state index contributed by atoms with van der Waals surface area (Å²) in [5.41, 5.74) is -0.279. The highest BCUT2D eigenvalue weighted by Gasteiger charge is 2.35. The van der Waals surface area contributed by atoms with Gasteiger partial charge < -0.3 is 25.4 Å². The third-order valence-electron chi connectivity index (χ3n) is 2.96. The van der Waals surface area contributed by atoms with Crippen molar-refractivity contribution in [1.82, 2.24) is 5.32 Å². The molecule has 19 heavy (non-hydrogen) atoms. The first-order chi connectivity index (χ1) is 9.00. The highest BCUT2D eigenvalue weighted by Crippen LogP contribution is 2.26. The Morgan fingerprint density at radius 2 is 1.84 bits per heavy atom. The number of nitrogens with one attached hydrogen (secondary N) is 1. The minimum atomic E-state index is -1.07. The van der Waals surface area contributed by atoms with E-state index in [2.05, 4.69) is 5.32 Å². The van der Waals surface area contributed by atoms with Gasteiger partial charge in [-0.3, -0.25) is 9.59 Å². The van der Waals surface area contributed by atoms with Crippen molar-refractivity contribution in [2.75, 3.05) is 13.2 Å². The Morgan fingerprint density at radius 1 is 1.21 bits per heavy atom. The van der Waals surface area contributed by atoms with E-state index in [1.807, 2.05) is 0 Å². The van der Waals surface area contributed by atoms with Gasteiger partial charge in [0.2, 0.25) is 0 Å². The highest BCUT2D eigenvalue weighted by molar-refractivity contribution is 5.99. The van der Waals surface area contributed by atoms with Crippen LogP contribution < -0.4 is 5.32 Å². The molecule has 1 aromatic rings. The second kappa shape index (κ2) is 5.15. The van der Waals surface area contributed by atoms with Gasteiger partial charge in [0.25, 0.3) is 5.91 Å². The zero-order valence-corrected chi connectivity index (χ0v) is 9.87. The van der Waals surface area contributed by atoms with Crippen molar-refractivity contribution in [3.05, 3.63) is 23.8 Å². The molecular formula is C12H13NO6. The van der Waals surface area contributed by atoms with Gasteiger partial charge in [-0.1, -0.05) is 6.07 Å². The Bertz CT molecular complexity index is 495. The zero-order chi connectivity index (χ0) is 14.0. The van der Waals surface area contributed by atoms with E-state index in [0.717, 1.165) is 0 Å². The lowest BCUT2D eigenvalue weighted by Crippen LogP contribution is -2.42. The van der Waals surface area contributed by atoms with Crippen LogP contribution in [0.2, 0.25) is 0 Å². The number of aliphatic carboxylic acids is 1. The molecule has 0 spiro atoms. The maximum Gasteiger partial charge on any atom is 0.311 e. The van der Waals surface area contributed by atoms with Crippen LogP contribution in [0.15, 0.2) is 18.2 Å². The molecule has 4 N–H and O–H groups in total. The Kier molecular flexibility index (Phi) is 3.57. The third-order valence-corrected chi connectivity index (χ3v) is 2.96. The maximum atomic E-state index is 11.9. The van der Waals surface area contributed by atoms with Crippen molar-refractivity contribution in [3.8, 4) is 11.5 Å². The molecule has 1 aromatic carbocycles. The van der Waals surface area contributed by atoms with Gasteiger partial charge in [0.05, 0.1) is 19.3 Å². The summed E-state index contributed by atoms with van der Waals surface area (Å²) in [5, 5.41) is 30.5. The predicted molar refractivity (Wildman–Crippen MR) is 63.0 cm³/mol. The third kappa shape index (κ3) is 2.60. The molecule has 2 unspecified atom stereocenters. The number of amides is 1. The van der Waals surface area contributed by atoms with Crippen LogP contribution in [0.4, 0.5) is 0 Å². The smallest absolute Gasteiger partial charge is 0.311 e. The minimum absolute atomic E-state index is 0.0209. The van der Waals surface area contributed by atoms with E-state index in [4.69, 9.17) is 9.84 Å². The molecule has 102 valence electrons. The molecule has 1 fully saturated rings. The zero-order valence-electron chi connectivity index (χ0n) is 9.87. The highest BCUT2D eigenvalue weighted by atomic mass is 16.5. The number of carboxylic acids is 1. The van der Waals surface area contributed by atoms with Crippen molar-refractivity contribution >= 4 is 11.9 Å². The number of benzene rings is 1. The largest absolute Gasteiger partial charge is 0.507 e. The molecule has 0 aromatic heterocycles. The Morgan fingerprint density at radius 3 is 2.42 bits per heavy atom. The Labute approximate surface area is 108 Å². The molecule has 7 nitrogen and oxygen atoms in total. The normalized spacial score (nSPS) is 22.1. The van der Waals surface area contributed by atoms with Gasteiger partial charge in [-0.05, 0) is 12.1 Å². The van der Waals surface area contributed by atoms with E-state index in [-0.39, 0.29) is 30.3 Å². The molecule has 2 atom stereocenters. The topological polar surface area (TPSA) is 116 Å². The standard InChI is InChI=1S/C12H13NO6/c14-8-2-1-3-9(15)10(8)11(16)13-7-5-19-4-6(7)12(17)18/h1-3,6-7,14-15H,4-5H2,(H,13,16)(H,17,18). The first-order valence-electron chi connectivity index (χ1n) is 5.63. The molecule has 1 aliphatic rings. The van der Waals surface area contributed by atoms with Crippen molar-refractivity contribution in [1.29, 1.82) is 0 Å². The first kappa shape index (κ1) is 13.2. The summed E-state index contributed by atoms with van der Waals surface area (Å²) in [4.78, 5) is 22.9. The quantitative estimate of drug-likeness (QED) is 0.609. The molecule has 1 heterocycles. The molecule has 1 saturated heterocycles. The monoisotopic (exact) mass is 267 g/mol. The van der Waals surface area contributed by atoms with E-state index in [1.165, 1.54) is 18.2 Å². The predicted octanol–water partition coefficient (Wildman–Crippen LogP) is -0.0728. The van der Waals surface area contributed by atoms with Crippen LogP contribution >= 0.6 is 0 Å². The summed E-state index contributed by atoms with van der Waals surface area (Å²) in [6.07, 6.45) is 0. The van der Waals surface area contributed by atoms with Gasteiger partial charge in [0, 0.05) is 0 Å². The lowest BCUT2D eigenvalue weighted by Gasteiger charge is -2.16. The second-order valence-electron chi connectivity index (χ2n) is 4.23. The number of carbonyl (C=O) groups excluding carboxylic acids is 1. The van der Waals surface area contributed by atoms with E-state index >= 15 is 0 Å². The van der Waals surface area contributed by atoms with Crippen LogP contribution in [-0.2, 0) is 9.53 Å². The summed E-state index contributed by atoms with van der Waals surface area (Å²) >= 11 is 0. The lowest BCUT2D eigenvalue weighted by atomic mass is 10.0. The fraction of sp³-hybridized carbons (Fsp3) is 0.333. The molecule has 7 heteroatoms. The number of hydrogen-bond donors (Lipinski definition) is 4. The average Bonchev–Trinajstić information content (AvgIpc) is 2.76. The van der Waals surface area contributed by atoms with Crippen LogP contribution in [0.1, 0.15) is 10.4 Å². The molecular weight excluding hydrogens is 254 g/mol. The molecule has 1 aliphatic heterocycles. The molecule has 1 amide bonds. The summed E-state index contributed by atoms with van der Waals surface area (Å²) in [7, 11) is 0. The summed E-state index contributed by atoms with van der Waals surface area (Å²) in [5.74, 6) is -3.38. The van der Waals surface area contributed by atoms with Crippen LogP contribution in [0, 0.1) is 5.92 Å². The van der Waals surface area contributed by atoms with Gasteiger partial charge in [-0.15, -0.1) is 0 Å². The molecule has 0 aliphatic carbocycles. The van der Waals surface area contributed by atoms with E-state index in [0.29, 0.717) is 0 Å². The summed E-state index contributed by atoms with van der Waals surface area (Å²) in [6.45, 7) is 0.101. The fourth-order valence-electron chi connectivity index (χ4n) is 1.94. The number of ether oxygens (including phenoxy) is 1. The van der Waals surface area contributed by atoms with Crippen LogP contribution in [-0.4, -0.2) is 46.5 Å². The van der Waals surface area contributed by atoms with Crippen LogP contribution in [0.5, 0.6) is 11.5 Å². The summed E-state index contributed by atoms with van der Waals surface area (Å²) < 4.78 is 5.01. The Hall–Kier alpha value is -2.28. The number of rotatable bonds is 3. The second-order valence-corrected chi connectivity index (χ2v) is 4.23. The number of hydrogen-bond acceptors (Lipinski definition) is 5.